The molecule has 2 heterocycles. The summed E-state index contributed by atoms with van der Waals surface area (Å²) in [5, 5.41) is 4.21. The van der Waals surface area contributed by atoms with Crippen LogP contribution < -0.4 is 0 Å². The molecule has 1 aromatic heterocycles. The van der Waals surface area contributed by atoms with Gasteiger partial charge in [-0.15, -0.1) is 0 Å². The molecule has 66 valence electrons. The molecule has 0 spiro atoms. The standard InChI is InChI=1S/C9H9N3O/c13-9-5-10-4-8-7(9)3-11-12(8)6-1-2-6/h3-4,6H,1-2,5H2. The first kappa shape index (κ1) is 7.00. The average Bonchev–Trinajstić information content (AvgIpc) is 2.87. The zero-order valence-electron chi connectivity index (χ0n) is 7.10. The summed E-state index contributed by atoms with van der Waals surface area (Å²) in [7, 11) is 0. The van der Waals surface area contributed by atoms with Crippen molar-refractivity contribution in [2.45, 2.75) is 18.9 Å². The monoisotopic (exact) mass is 175 g/mol. The Morgan fingerprint density at radius 3 is 3.08 bits per heavy atom. The molecule has 0 aromatic carbocycles. The van der Waals surface area contributed by atoms with Gasteiger partial charge in [0, 0.05) is 6.21 Å². The molecule has 1 saturated carbocycles. The van der Waals surface area contributed by atoms with E-state index >= 15 is 0 Å². The third-order valence-corrected chi connectivity index (χ3v) is 2.48. The Hall–Kier alpha value is -1.45. The number of ketones is 1. The van der Waals surface area contributed by atoms with Crippen LogP contribution in [0, 0.1) is 0 Å². The molecule has 0 N–H and O–H groups in total. The molecule has 1 fully saturated rings. The van der Waals surface area contributed by atoms with Crippen LogP contribution in [0.4, 0.5) is 0 Å². The number of fused-ring (bicyclic) bond motifs is 1. The largest absolute Gasteiger partial charge is 0.292 e. The average molecular weight is 175 g/mol. The van der Waals surface area contributed by atoms with Crippen LogP contribution >= 0.6 is 0 Å². The highest BCUT2D eigenvalue weighted by atomic mass is 16.1. The summed E-state index contributed by atoms with van der Waals surface area (Å²) in [6.07, 6.45) is 5.79. The fourth-order valence-electron chi connectivity index (χ4n) is 1.63. The number of Topliss-reactive ketones (excluding diaryl/α,β-unsaturated/α-hetero) is 1. The molecule has 0 bridgehead atoms. The molecule has 4 nitrogen and oxygen atoms in total. The van der Waals surface area contributed by atoms with Crippen molar-refractivity contribution in [1.29, 1.82) is 0 Å². The van der Waals surface area contributed by atoms with E-state index in [4.69, 9.17) is 0 Å². The predicted octanol–water partition coefficient (Wildman–Crippen LogP) is 0.833. The van der Waals surface area contributed by atoms with Gasteiger partial charge >= 0.3 is 0 Å². The van der Waals surface area contributed by atoms with Crippen molar-refractivity contribution in [3.8, 4) is 0 Å². The van der Waals surface area contributed by atoms with E-state index in [1.54, 1.807) is 12.4 Å². The van der Waals surface area contributed by atoms with E-state index in [0.29, 0.717) is 6.04 Å². The van der Waals surface area contributed by atoms with Gasteiger partial charge in [0.2, 0.25) is 0 Å². The van der Waals surface area contributed by atoms with E-state index in [1.165, 1.54) is 12.8 Å². The van der Waals surface area contributed by atoms with E-state index in [2.05, 4.69) is 10.1 Å². The summed E-state index contributed by atoms with van der Waals surface area (Å²) in [5.41, 5.74) is 1.64. The number of hydrogen-bond acceptors (Lipinski definition) is 3. The Bertz CT molecular complexity index is 401. The Kier molecular flexibility index (Phi) is 1.23. The molecule has 0 amide bonds. The number of carbonyl (C=O) groups excluding carboxylic acids is 1. The van der Waals surface area contributed by atoms with Crippen molar-refractivity contribution >= 4 is 12.0 Å². The Balaban J connectivity index is 2.15. The molecule has 13 heavy (non-hydrogen) atoms. The molecular formula is C9H9N3O. The Morgan fingerprint density at radius 1 is 1.46 bits per heavy atom. The Morgan fingerprint density at radius 2 is 2.31 bits per heavy atom. The molecule has 2 aliphatic rings. The maximum atomic E-state index is 11.4. The summed E-state index contributed by atoms with van der Waals surface area (Å²) < 4.78 is 1.93. The van der Waals surface area contributed by atoms with Crippen LogP contribution in [-0.2, 0) is 0 Å². The first-order chi connectivity index (χ1) is 6.36. The molecule has 3 rings (SSSR count). The van der Waals surface area contributed by atoms with Crippen LogP contribution in [0.2, 0.25) is 0 Å². The predicted molar refractivity (Wildman–Crippen MR) is 47.3 cm³/mol. The van der Waals surface area contributed by atoms with E-state index in [1.807, 2.05) is 4.68 Å². The van der Waals surface area contributed by atoms with Crippen molar-refractivity contribution in [3.05, 3.63) is 17.5 Å². The fraction of sp³-hybridized carbons (Fsp3) is 0.444. The van der Waals surface area contributed by atoms with Gasteiger partial charge in [-0.25, -0.2) is 0 Å². The van der Waals surface area contributed by atoms with Gasteiger partial charge in [0.1, 0.15) is 6.54 Å². The van der Waals surface area contributed by atoms with Gasteiger partial charge in [-0.1, -0.05) is 0 Å². The van der Waals surface area contributed by atoms with Crippen molar-refractivity contribution < 1.29 is 4.79 Å². The maximum absolute atomic E-state index is 11.4. The second-order valence-corrected chi connectivity index (χ2v) is 3.51. The smallest absolute Gasteiger partial charge is 0.188 e. The third kappa shape index (κ3) is 0.946. The van der Waals surface area contributed by atoms with Crippen LogP contribution in [0.3, 0.4) is 0 Å². The van der Waals surface area contributed by atoms with Crippen molar-refractivity contribution in [2.75, 3.05) is 6.54 Å². The van der Waals surface area contributed by atoms with Crippen LogP contribution in [0.15, 0.2) is 11.2 Å². The van der Waals surface area contributed by atoms with Crippen LogP contribution in [0.5, 0.6) is 0 Å². The fourth-order valence-corrected chi connectivity index (χ4v) is 1.63. The number of aliphatic imine (C=N–C) groups is 1. The molecule has 1 aromatic rings. The zero-order chi connectivity index (χ0) is 8.84. The molecule has 1 aliphatic carbocycles. The lowest BCUT2D eigenvalue weighted by atomic mass is 10.1. The summed E-state index contributed by atoms with van der Waals surface area (Å²) in [4.78, 5) is 15.4. The maximum Gasteiger partial charge on any atom is 0.188 e. The van der Waals surface area contributed by atoms with Crippen LogP contribution in [0.25, 0.3) is 0 Å². The molecule has 0 radical (unpaired) electrons. The van der Waals surface area contributed by atoms with Crippen molar-refractivity contribution in [2.24, 2.45) is 4.99 Å². The normalized spacial score (nSPS) is 20.5. The SMILES string of the molecule is O=C1CN=Cc2c1cnn2C1CC1. The quantitative estimate of drug-likeness (QED) is 0.634. The van der Waals surface area contributed by atoms with Gasteiger partial charge in [-0.2, -0.15) is 5.10 Å². The molecule has 0 unspecified atom stereocenters. The van der Waals surface area contributed by atoms with Gasteiger partial charge in [0.15, 0.2) is 5.78 Å². The Labute approximate surface area is 75.3 Å². The van der Waals surface area contributed by atoms with Crippen molar-refractivity contribution in [3.63, 3.8) is 0 Å². The first-order valence-corrected chi connectivity index (χ1v) is 4.47. The molecule has 0 saturated heterocycles. The number of nitrogens with zero attached hydrogens (tertiary/aromatic N) is 3. The third-order valence-electron chi connectivity index (χ3n) is 2.48. The highest BCUT2D eigenvalue weighted by molar-refractivity contribution is 6.07. The number of carbonyl (C=O) groups is 1. The highest BCUT2D eigenvalue weighted by Gasteiger charge is 2.29. The van der Waals surface area contributed by atoms with E-state index in [0.717, 1.165) is 11.3 Å². The minimum absolute atomic E-state index is 0.0874. The lowest BCUT2D eigenvalue weighted by molar-refractivity contribution is 0.100. The summed E-state index contributed by atoms with van der Waals surface area (Å²) >= 11 is 0. The highest BCUT2D eigenvalue weighted by Crippen LogP contribution is 2.35. The van der Waals surface area contributed by atoms with Gasteiger partial charge in [0.25, 0.3) is 0 Å². The van der Waals surface area contributed by atoms with E-state index < -0.39 is 0 Å². The molecule has 1 aliphatic heterocycles. The lowest BCUT2D eigenvalue weighted by Gasteiger charge is -2.06. The van der Waals surface area contributed by atoms with E-state index in [9.17, 15) is 4.79 Å². The summed E-state index contributed by atoms with van der Waals surface area (Å²) in [6, 6.07) is 0.515. The minimum atomic E-state index is 0.0874. The molecule has 0 atom stereocenters. The van der Waals surface area contributed by atoms with Gasteiger partial charge in [-0.3, -0.25) is 14.5 Å². The minimum Gasteiger partial charge on any atom is -0.292 e. The topological polar surface area (TPSA) is 47.2 Å². The van der Waals surface area contributed by atoms with E-state index in [-0.39, 0.29) is 12.3 Å². The van der Waals surface area contributed by atoms with Gasteiger partial charge in [0.05, 0.1) is 23.5 Å². The van der Waals surface area contributed by atoms with Crippen LogP contribution in [0.1, 0.15) is 34.9 Å². The first-order valence-electron chi connectivity index (χ1n) is 4.47. The number of hydrogen-bond donors (Lipinski definition) is 0. The second-order valence-electron chi connectivity index (χ2n) is 3.51. The van der Waals surface area contributed by atoms with Crippen LogP contribution in [-0.4, -0.2) is 28.3 Å². The van der Waals surface area contributed by atoms with Gasteiger partial charge in [-0.05, 0) is 12.8 Å². The van der Waals surface area contributed by atoms with Crippen molar-refractivity contribution in [1.82, 2.24) is 9.78 Å². The number of rotatable bonds is 1. The molecular weight excluding hydrogens is 166 g/mol. The number of aromatic nitrogens is 2. The van der Waals surface area contributed by atoms with Gasteiger partial charge < -0.3 is 0 Å². The zero-order valence-corrected chi connectivity index (χ0v) is 7.10. The summed E-state index contributed by atoms with van der Waals surface area (Å²) in [6.45, 7) is 0.281. The molecule has 4 heteroatoms. The second kappa shape index (κ2) is 2.28. The summed E-state index contributed by atoms with van der Waals surface area (Å²) in [5.74, 6) is 0.0874. The lowest BCUT2D eigenvalue weighted by Crippen LogP contribution is -2.13.